The molecule has 2 N–H and O–H groups in total. The van der Waals surface area contributed by atoms with Gasteiger partial charge in [-0.1, -0.05) is 18.2 Å². The van der Waals surface area contributed by atoms with Gasteiger partial charge < -0.3 is 14.9 Å². The molecule has 0 aromatic heterocycles. The molecule has 0 bridgehead atoms. The molecule has 1 fully saturated rings. The quantitative estimate of drug-likeness (QED) is 0.515. The van der Waals surface area contributed by atoms with Crippen LogP contribution in [-0.4, -0.2) is 45.7 Å². The SMILES string of the molecule is Cc1ccc(S(=O)(=O)Nc2ccc(N3CCN(c4cccc(C)c4C)CC3)cc2C(=O)O)cc1C. The molecule has 1 aliphatic heterocycles. The second-order valence-electron chi connectivity index (χ2n) is 9.08. The summed E-state index contributed by atoms with van der Waals surface area (Å²) in [7, 11) is -3.93. The number of hydrogen-bond acceptors (Lipinski definition) is 5. The largest absolute Gasteiger partial charge is 0.478 e. The lowest BCUT2D eigenvalue weighted by Gasteiger charge is -2.38. The van der Waals surface area contributed by atoms with Gasteiger partial charge in [-0.25, -0.2) is 13.2 Å². The number of rotatable bonds is 6. The number of nitrogens with zero attached hydrogens (tertiary/aromatic N) is 2. The maximum atomic E-state index is 12.9. The normalized spacial score (nSPS) is 14.2. The highest BCUT2D eigenvalue weighted by atomic mass is 32.2. The van der Waals surface area contributed by atoms with Crippen molar-refractivity contribution in [1.82, 2.24) is 0 Å². The third kappa shape index (κ3) is 5.12. The second kappa shape index (κ2) is 9.62. The molecule has 0 aliphatic carbocycles. The molecule has 3 aromatic rings. The molecule has 4 rings (SSSR count). The van der Waals surface area contributed by atoms with Gasteiger partial charge >= 0.3 is 5.97 Å². The Hall–Kier alpha value is -3.52. The first-order chi connectivity index (χ1) is 16.6. The molecule has 1 heterocycles. The number of carbonyl (C=O) groups is 1. The van der Waals surface area contributed by atoms with Crippen molar-refractivity contribution in [2.24, 2.45) is 0 Å². The van der Waals surface area contributed by atoms with Crippen molar-refractivity contribution in [3.05, 3.63) is 82.4 Å². The van der Waals surface area contributed by atoms with Crippen molar-refractivity contribution in [3.8, 4) is 0 Å². The zero-order valence-corrected chi connectivity index (χ0v) is 21.3. The number of carboxylic acids is 1. The van der Waals surface area contributed by atoms with Crippen LogP contribution in [-0.2, 0) is 10.0 Å². The first-order valence-corrected chi connectivity index (χ1v) is 13.1. The molecule has 1 aliphatic rings. The Morgan fingerprint density at radius 3 is 2.17 bits per heavy atom. The van der Waals surface area contributed by atoms with Gasteiger partial charge in [0.2, 0.25) is 0 Å². The van der Waals surface area contributed by atoms with Gasteiger partial charge in [-0.2, -0.15) is 0 Å². The predicted octanol–water partition coefficient (Wildman–Crippen LogP) is 4.75. The fraction of sp³-hybridized carbons (Fsp3) is 0.296. The smallest absolute Gasteiger partial charge is 0.337 e. The highest BCUT2D eigenvalue weighted by Crippen LogP contribution is 2.29. The van der Waals surface area contributed by atoms with Gasteiger partial charge in [-0.3, -0.25) is 4.72 Å². The van der Waals surface area contributed by atoms with E-state index in [1.54, 1.807) is 24.3 Å². The minimum absolute atomic E-state index is 0.0495. The highest BCUT2D eigenvalue weighted by molar-refractivity contribution is 7.92. The first-order valence-electron chi connectivity index (χ1n) is 11.6. The summed E-state index contributed by atoms with van der Waals surface area (Å²) in [6.45, 7) is 11.1. The number of piperazine rings is 1. The standard InChI is InChI=1S/C27H31N3O4S/c1-18-8-10-23(16-20(18)3)35(33,34)28-25-11-9-22(17-24(25)27(31)32)29-12-14-30(15-13-29)26-7-5-6-19(2)21(26)4/h5-11,16-17,28H,12-15H2,1-4H3,(H,31,32). The molecule has 3 aromatic carbocycles. The van der Waals surface area contributed by atoms with Crippen molar-refractivity contribution < 1.29 is 18.3 Å². The summed E-state index contributed by atoms with van der Waals surface area (Å²) in [4.78, 5) is 16.6. The third-order valence-corrected chi connectivity index (χ3v) is 8.19. The monoisotopic (exact) mass is 493 g/mol. The minimum atomic E-state index is -3.93. The van der Waals surface area contributed by atoms with Crippen LogP contribution in [0.25, 0.3) is 0 Å². The van der Waals surface area contributed by atoms with Gasteiger partial charge in [0, 0.05) is 37.6 Å². The Kier molecular flexibility index (Phi) is 6.76. The Labute approximate surface area is 207 Å². The van der Waals surface area contributed by atoms with Crippen molar-refractivity contribution in [2.45, 2.75) is 32.6 Å². The Balaban J connectivity index is 1.53. The molecule has 1 saturated heterocycles. The van der Waals surface area contributed by atoms with Crippen LogP contribution in [0.1, 0.15) is 32.6 Å². The van der Waals surface area contributed by atoms with E-state index in [0.29, 0.717) is 0 Å². The summed E-state index contributed by atoms with van der Waals surface area (Å²) < 4.78 is 28.3. The van der Waals surface area contributed by atoms with Crippen molar-refractivity contribution in [3.63, 3.8) is 0 Å². The van der Waals surface area contributed by atoms with Gasteiger partial charge in [0.1, 0.15) is 0 Å². The van der Waals surface area contributed by atoms with Crippen molar-refractivity contribution in [2.75, 3.05) is 40.7 Å². The molecule has 7 nitrogen and oxygen atoms in total. The molecule has 0 unspecified atom stereocenters. The van der Waals surface area contributed by atoms with Crippen LogP contribution in [0, 0.1) is 27.7 Å². The van der Waals surface area contributed by atoms with Crippen LogP contribution >= 0.6 is 0 Å². The lowest BCUT2D eigenvalue weighted by atomic mass is 10.1. The number of hydrogen-bond donors (Lipinski definition) is 2. The minimum Gasteiger partial charge on any atom is -0.478 e. The molecule has 35 heavy (non-hydrogen) atoms. The summed E-state index contributed by atoms with van der Waals surface area (Å²) in [6, 6.07) is 16.0. The van der Waals surface area contributed by atoms with Crippen LogP contribution in [0.3, 0.4) is 0 Å². The van der Waals surface area contributed by atoms with E-state index in [1.807, 2.05) is 13.8 Å². The number of carboxylic acid groups (broad SMARTS) is 1. The Bertz CT molecular complexity index is 1380. The number of sulfonamides is 1. The number of anilines is 3. The first kappa shape index (κ1) is 24.6. The van der Waals surface area contributed by atoms with E-state index in [4.69, 9.17) is 0 Å². The topological polar surface area (TPSA) is 90.0 Å². The summed E-state index contributed by atoms with van der Waals surface area (Å²) in [5, 5.41) is 9.82. The van der Waals surface area contributed by atoms with Crippen LogP contribution in [0.4, 0.5) is 17.1 Å². The lowest BCUT2D eigenvalue weighted by molar-refractivity contribution is 0.0698. The molecule has 0 radical (unpaired) electrons. The van der Waals surface area contributed by atoms with Crippen LogP contribution in [0.15, 0.2) is 59.5 Å². The molecule has 0 atom stereocenters. The zero-order chi connectivity index (χ0) is 25.3. The van der Waals surface area contributed by atoms with Crippen molar-refractivity contribution in [1.29, 1.82) is 0 Å². The second-order valence-corrected chi connectivity index (χ2v) is 10.8. The van der Waals surface area contributed by atoms with E-state index in [1.165, 1.54) is 28.9 Å². The number of aryl methyl sites for hydroxylation is 3. The molecular weight excluding hydrogens is 462 g/mol. The van der Waals surface area contributed by atoms with Gasteiger partial charge in [0.25, 0.3) is 10.0 Å². The maximum Gasteiger partial charge on any atom is 0.337 e. The maximum absolute atomic E-state index is 12.9. The predicted molar refractivity (Wildman–Crippen MR) is 140 cm³/mol. The van der Waals surface area contributed by atoms with E-state index < -0.39 is 16.0 Å². The lowest BCUT2D eigenvalue weighted by Crippen LogP contribution is -2.46. The number of nitrogens with one attached hydrogen (secondary N) is 1. The van der Waals surface area contributed by atoms with E-state index in [2.05, 4.69) is 46.6 Å². The Morgan fingerprint density at radius 2 is 1.51 bits per heavy atom. The van der Waals surface area contributed by atoms with Gasteiger partial charge in [-0.15, -0.1) is 0 Å². The summed E-state index contributed by atoms with van der Waals surface area (Å²) >= 11 is 0. The average Bonchev–Trinajstić information content (AvgIpc) is 2.82. The van der Waals surface area contributed by atoms with Crippen molar-refractivity contribution >= 4 is 33.1 Å². The van der Waals surface area contributed by atoms with E-state index in [0.717, 1.165) is 43.0 Å². The van der Waals surface area contributed by atoms with E-state index >= 15 is 0 Å². The summed E-state index contributed by atoms with van der Waals surface area (Å²) in [5.74, 6) is -1.18. The average molecular weight is 494 g/mol. The van der Waals surface area contributed by atoms with E-state index in [-0.39, 0.29) is 16.1 Å². The van der Waals surface area contributed by atoms with Gasteiger partial charge in [0.05, 0.1) is 16.1 Å². The Morgan fingerprint density at radius 1 is 0.829 bits per heavy atom. The summed E-state index contributed by atoms with van der Waals surface area (Å²) in [6.07, 6.45) is 0. The molecule has 184 valence electrons. The van der Waals surface area contributed by atoms with Gasteiger partial charge in [0.15, 0.2) is 0 Å². The zero-order valence-electron chi connectivity index (χ0n) is 20.5. The van der Waals surface area contributed by atoms with Crippen LogP contribution in [0.2, 0.25) is 0 Å². The van der Waals surface area contributed by atoms with Crippen LogP contribution in [0.5, 0.6) is 0 Å². The number of aromatic carboxylic acids is 1. The van der Waals surface area contributed by atoms with Crippen LogP contribution < -0.4 is 14.5 Å². The fourth-order valence-electron chi connectivity index (χ4n) is 4.36. The van der Waals surface area contributed by atoms with Gasteiger partial charge in [-0.05, 0) is 86.3 Å². The highest BCUT2D eigenvalue weighted by Gasteiger charge is 2.23. The third-order valence-electron chi connectivity index (χ3n) is 6.83. The number of benzene rings is 3. The molecule has 0 spiro atoms. The molecule has 0 saturated carbocycles. The molecule has 8 heteroatoms. The molecule has 0 amide bonds. The summed E-state index contributed by atoms with van der Waals surface area (Å²) in [5.41, 5.74) is 6.33. The fourth-order valence-corrected chi connectivity index (χ4v) is 5.53. The van der Waals surface area contributed by atoms with E-state index in [9.17, 15) is 18.3 Å². The molecular formula is C27H31N3O4S.